The standard InChI is InChI=1S/C26H33N5O3S/c1-7-31-25(19(5)27-22(32)14-20-8-10-21(34-6)11-9-20)29-30-26(31)35-15-23(33)28-24-17(3)12-16(2)13-18(24)4/h8-13,19H,7,14-15H2,1-6H3,(H,27,32)(H,28,33)/t19-/m0/s1. The van der Waals surface area contributed by atoms with E-state index in [0.717, 1.165) is 28.1 Å². The van der Waals surface area contributed by atoms with Gasteiger partial charge in [0.15, 0.2) is 11.0 Å². The quantitative estimate of drug-likeness (QED) is 0.405. The van der Waals surface area contributed by atoms with Crippen molar-refractivity contribution < 1.29 is 14.3 Å². The van der Waals surface area contributed by atoms with Crippen LogP contribution in [-0.4, -0.2) is 39.4 Å². The summed E-state index contributed by atoms with van der Waals surface area (Å²) in [5, 5.41) is 15.2. The first-order chi connectivity index (χ1) is 16.7. The van der Waals surface area contributed by atoms with Crippen molar-refractivity contribution in [3.8, 4) is 5.75 Å². The van der Waals surface area contributed by atoms with E-state index in [1.54, 1.807) is 7.11 Å². The normalized spacial score (nSPS) is 11.7. The van der Waals surface area contributed by atoms with Crippen LogP contribution in [0.25, 0.3) is 0 Å². The molecule has 0 aliphatic carbocycles. The Labute approximate surface area is 210 Å². The number of anilines is 1. The molecule has 186 valence electrons. The molecule has 0 saturated heterocycles. The maximum Gasteiger partial charge on any atom is 0.234 e. The molecule has 9 heteroatoms. The van der Waals surface area contributed by atoms with Gasteiger partial charge in [-0.1, -0.05) is 41.6 Å². The second-order valence-corrected chi connectivity index (χ2v) is 9.45. The Kier molecular flexibility index (Phi) is 8.92. The molecular weight excluding hydrogens is 462 g/mol. The van der Waals surface area contributed by atoms with Crippen molar-refractivity contribution in [2.45, 2.75) is 58.8 Å². The minimum atomic E-state index is -0.325. The number of carbonyl (C=O) groups is 2. The zero-order chi connectivity index (χ0) is 25.5. The summed E-state index contributed by atoms with van der Waals surface area (Å²) in [5.41, 5.74) is 5.00. The van der Waals surface area contributed by atoms with Gasteiger partial charge >= 0.3 is 0 Å². The molecule has 2 aromatic carbocycles. The van der Waals surface area contributed by atoms with Gasteiger partial charge in [0, 0.05) is 12.2 Å². The third-order valence-electron chi connectivity index (χ3n) is 5.62. The third-order valence-corrected chi connectivity index (χ3v) is 6.59. The molecule has 0 aliphatic rings. The Balaban J connectivity index is 1.59. The fourth-order valence-electron chi connectivity index (χ4n) is 3.99. The Hall–Kier alpha value is -3.33. The zero-order valence-electron chi connectivity index (χ0n) is 21.1. The average molecular weight is 496 g/mol. The van der Waals surface area contributed by atoms with Crippen LogP contribution in [0.15, 0.2) is 41.6 Å². The minimum absolute atomic E-state index is 0.0990. The van der Waals surface area contributed by atoms with Crippen LogP contribution in [0.5, 0.6) is 5.75 Å². The summed E-state index contributed by atoms with van der Waals surface area (Å²) < 4.78 is 7.09. The highest BCUT2D eigenvalue weighted by Gasteiger charge is 2.20. The second-order valence-electron chi connectivity index (χ2n) is 8.51. The highest BCUT2D eigenvalue weighted by Crippen LogP contribution is 2.24. The lowest BCUT2D eigenvalue weighted by atomic mass is 10.1. The first-order valence-corrected chi connectivity index (χ1v) is 12.6. The van der Waals surface area contributed by atoms with Crippen molar-refractivity contribution in [2.75, 3.05) is 18.2 Å². The molecular formula is C26H33N5O3S. The number of carbonyl (C=O) groups excluding carboxylic acids is 2. The number of aryl methyl sites for hydroxylation is 3. The number of hydrogen-bond acceptors (Lipinski definition) is 6. The van der Waals surface area contributed by atoms with Crippen LogP contribution in [0.4, 0.5) is 5.69 Å². The van der Waals surface area contributed by atoms with Crippen molar-refractivity contribution in [3.05, 3.63) is 64.5 Å². The highest BCUT2D eigenvalue weighted by atomic mass is 32.2. The number of hydrogen-bond donors (Lipinski definition) is 2. The minimum Gasteiger partial charge on any atom is -0.497 e. The van der Waals surface area contributed by atoms with Crippen molar-refractivity contribution >= 4 is 29.3 Å². The van der Waals surface area contributed by atoms with Crippen LogP contribution in [0, 0.1) is 20.8 Å². The number of ether oxygens (including phenoxy) is 1. The summed E-state index contributed by atoms with van der Waals surface area (Å²) in [6.07, 6.45) is 0.258. The number of aromatic nitrogens is 3. The first-order valence-electron chi connectivity index (χ1n) is 11.6. The molecule has 1 heterocycles. The van der Waals surface area contributed by atoms with E-state index >= 15 is 0 Å². The van der Waals surface area contributed by atoms with Gasteiger partial charge in [-0.3, -0.25) is 9.59 Å². The molecule has 2 amide bonds. The molecule has 35 heavy (non-hydrogen) atoms. The summed E-state index contributed by atoms with van der Waals surface area (Å²) >= 11 is 1.33. The third kappa shape index (κ3) is 6.85. The van der Waals surface area contributed by atoms with E-state index in [9.17, 15) is 9.59 Å². The van der Waals surface area contributed by atoms with E-state index in [1.807, 2.05) is 63.5 Å². The van der Waals surface area contributed by atoms with Gasteiger partial charge in [-0.2, -0.15) is 0 Å². The van der Waals surface area contributed by atoms with Crippen LogP contribution in [0.3, 0.4) is 0 Å². The van der Waals surface area contributed by atoms with Gasteiger partial charge in [0.1, 0.15) is 5.75 Å². The Morgan fingerprint density at radius 1 is 1.06 bits per heavy atom. The van der Waals surface area contributed by atoms with Crippen molar-refractivity contribution in [3.63, 3.8) is 0 Å². The molecule has 0 spiro atoms. The van der Waals surface area contributed by atoms with Crippen LogP contribution in [-0.2, 0) is 22.6 Å². The van der Waals surface area contributed by atoms with Crippen LogP contribution in [0.1, 0.15) is 48.0 Å². The number of amides is 2. The summed E-state index contributed by atoms with van der Waals surface area (Å²) in [5.74, 6) is 1.41. The van der Waals surface area contributed by atoms with Crippen molar-refractivity contribution in [2.24, 2.45) is 0 Å². The molecule has 0 radical (unpaired) electrons. The lowest BCUT2D eigenvalue weighted by Crippen LogP contribution is -2.30. The maximum atomic E-state index is 12.6. The molecule has 2 N–H and O–H groups in total. The van der Waals surface area contributed by atoms with E-state index in [-0.39, 0.29) is 30.0 Å². The predicted molar refractivity (Wildman–Crippen MR) is 139 cm³/mol. The van der Waals surface area contributed by atoms with Gasteiger partial charge in [-0.25, -0.2) is 0 Å². The van der Waals surface area contributed by atoms with E-state index in [1.165, 1.54) is 17.3 Å². The molecule has 0 fully saturated rings. The average Bonchev–Trinajstić information content (AvgIpc) is 3.23. The maximum absolute atomic E-state index is 12.6. The van der Waals surface area contributed by atoms with Gasteiger partial charge in [-0.05, 0) is 63.4 Å². The topological polar surface area (TPSA) is 98.1 Å². The summed E-state index contributed by atoms with van der Waals surface area (Å²) in [7, 11) is 1.61. The van der Waals surface area contributed by atoms with Gasteiger partial charge in [-0.15, -0.1) is 10.2 Å². The van der Waals surface area contributed by atoms with Crippen molar-refractivity contribution in [1.29, 1.82) is 0 Å². The van der Waals surface area contributed by atoms with Crippen LogP contribution in [0.2, 0.25) is 0 Å². The fourth-order valence-corrected chi connectivity index (χ4v) is 4.80. The first kappa shape index (κ1) is 26.3. The van der Waals surface area contributed by atoms with Gasteiger partial charge in [0.05, 0.1) is 25.3 Å². The molecule has 8 nitrogen and oxygen atoms in total. The number of nitrogens with zero attached hydrogens (tertiary/aromatic N) is 3. The molecule has 3 rings (SSSR count). The molecule has 1 aromatic heterocycles. The fraction of sp³-hybridized carbons (Fsp3) is 0.385. The number of rotatable bonds is 10. The van der Waals surface area contributed by atoms with E-state index in [4.69, 9.17) is 4.74 Å². The van der Waals surface area contributed by atoms with E-state index in [0.29, 0.717) is 17.5 Å². The van der Waals surface area contributed by atoms with E-state index < -0.39 is 0 Å². The summed E-state index contributed by atoms with van der Waals surface area (Å²) in [6, 6.07) is 11.2. The summed E-state index contributed by atoms with van der Waals surface area (Å²) in [4.78, 5) is 25.2. The number of benzene rings is 2. The van der Waals surface area contributed by atoms with Gasteiger partial charge in [0.2, 0.25) is 11.8 Å². The lowest BCUT2D eigenvalue weighted by molar-refractivity contribution is -0.121. The zero-order valence-corrected chi connectivity index (χ0v) is 22.0. The lowest BCUT2D eigenvalue weighted by Gasteiger charge is -2.15. The van der Waals surface area contributed by atoms with E-state index in [2.05, 4.69) is 33.0 Å². The Morgan fingerprint density at radius 2 is 1.71 bits per heavy atom. The highest BCUT2D eigenvalue weighted by molar-refractivity contribution is 7.99. The number of nitrogens with one attached hydrogen (secondary N) is 2. The molecule has 0 unspecified atom stereocenters. The number of methoxy groups -OCH3 is 1. The molecule has 0 aliphatic heterocycles. The summed E-state index contributed by atoms with van der Waals surface area (Å²) in [6.45, 7) is 10.5. The molecule has 1 atom stereocenters. The SMILES string of the molecule is CCn1c(SCC(=O)Nc2c(C)cc(C)cc2C)nnc1[C@H](C)NC(=O)Cc1ccc(OC)cc1. The Morgan fingerprint density at radius 3 is 2.31 bits per heavy atom. The second kappa shape index (κ2) is 11.9. The predicted octanol–water partition coefficient (Wildman–Crippen LogP) is 4.38. The molecule has 3 aromatic rings. The van der Waals surface area contributed by atoms with Crippen molar-refractivity contribution in [1.82, 2.24) is 20.1 Å². The largest absolute Gasteiger partial charge is 0.497 e. The molecule has 0 bridgehead atoms. The van der Waals surface area contributed by atoms with Gasteiger partial charge < -0.3 is 19.9 Å². The Bertz CT molecular complexity index is 1170. The molecule has 0 saturated carbocycles. The van der Waals surface area contributed by atoms with Crippen LogP contribution < -0.4 is 15.4 Å². The van der Waals surface area contributed by atoms with Gasteiger partial charge in [0.25, 0.3) is 0 Å². The number of thioether (sulfide) groups is 1. The monoisotopic (exact) mass is 495 g/mol. The smallest absolute Gasteiger partial charge is 0.234 e. The van der Waals surface area contributed by atoms with Crippen LogP contribution >= 0.6 is 11.8 Å².